The number of carbonyl (C=O) groups is 1. The van der Waals surface area contributed by atoms with E-state index in [1.165, 1.54) is 24.0 Å². The molecule has 0 aromatic carbocycles. The lowest BCUT2D eigenvalue weighted by molar-refractivity contribution is -0.139. The fraction of sp³-hybridized carbons (Fsp3) is 0.737. The number of amides is 1. The molecule has 0 unspecified atom stereocenters. The van der Waals surface area contributed by atoms with Crippen LogP contribution in [0.5, 0.6) is 0 Å². The summed E-state index contributed by atoms with van der Waals surface area (Å²) in [5, 5.41) is 0. The van der Waals surface area contributed by atoms with Gasteiger partial charge in [0.25, 0.3) is 0 Å². The van der Waals surface area contributed by atoms with Gasteiger partial charge in [-0.1, -0.05) is 44.1 Å². The third-order valence-corrected chi connectivity index (χ3v) is 3.86. The van der Waals surface area contributed by atoms with E-state index in [0.717, 1.165) is 31.8 Å². The molecular formula is C19H33NO. The molecule has 0 bridgehead atoms. The predicted octanol–water partition coefficient (Wildman–Crippen LogP) is 4.96. The van der Waals surface area contributed by atoms with Crippen LogP contribution in [0.1, 0.15) is 67.2 Å². The van der Waals surface area contributed by atoms with Crippen LogP contribution < -0.4 is 0 Å². The van der Waals surface area contributed by atoms with E-state index in [1.54, 1.807) is 0 Å². The maximum absolute atomic E-state index is 12.5. The monoisotopic (exact) mass is 291 g/mol. The summed E-state index contributed by atoms with van der Waals surface area (Å²) in [5.41, 5.74) is 2.48. The lowest BCUT2D eigenvalue weighted by Crippen LogP contribution is -2.40. The van der Waals surface area contributed by atoms with Crippen molar-refractivity contribution in [3.63, 3.8) is 0 Å². The molecule has 0 spiro atoms. The van der Waals surface area contributed by atoms with Gasteiger partial charge in [-0.15, -0.1) is 0 Å². The van der Waals surface area contributed by atoms with Gasteiger partial charge in [-0.05, 0) is 52.4 Å². The van der Waals surface area contributed by atoms with E-state index in [9.17, 15) is 4.79 Å². The van der Waals surface area contributed by atoms with Crippen molar-refractivity contribution in [1.82, 2.24) is 4.90 Å². The van der Waals surface area contributed by atoms with Gasteiger partial charge in [0.2, 0.25) is 5.91 Å². The van der Waals surface area contributed by atoms with Gasteiger partial charge in [-0.2, -0.15) is 0 Å². The predicted molar refractivity (Wildman–Crippen MR) is 91.2 cm³/mol. The van der Waals surface area contributed by atoms with Gasteiger partial charge in [0.05, 0.1) is 0 Å². The van der Waals surface area contributed by atoms with Crippen LogP contribution in [0.4, 0.5) is 0 Å². The smallest absolute Gasteiger partial charge is 0.228 e. The Morgan fingerprint density at radius 3 is 2.24 bits per heavy atom. The lowest BCUT2D eigenvalue weighted by Gasteiger charge is -2.29. The number of rotatable bonds is 7. The van der Waals surface area contributed by atoms with Gasteiger partial charge in [0.1, 0.15) is 0 Å². The van der Waals surface area contributed by atoms with Crippen LogP contribution in [0.3, 0.4) is 0 Å². The fourth-order valence-electron chi connectivity index (χ4n) is 2.28. The Labute approximate surface area is 131 Å². The van der Waals surface area contributed by atoms with E-state index in [1.807, 2.05) is 20.8 Å². The van der Waals surface area contributed by atoms with Crippen LogP contribution in [0.15, 0.2) is 23.3 Å². The number of hydrogen-bond acceptors (Lipinski definition) is 1. The average molecular weight is 291 g/mol. The number of allylic oxidation sites excluding steroid dienone is 3. The summed E-state index contributed by atoms with van der Waals surface area (Å²) in [7, 11) is 0. The Hall–Kier alpha value is -1.05. The first-order valence-electron chi connectivity index (χ1n) is 8.28. The maximum atomic E-state index is 12.5. The normalized spacial score (nSPS) is 15.8. The summed E-state index contributed by atoms with van der Waals surface area (Å²) in [4.78, 5) is 14.6. The molecule has 0 saturated heterocycles. The number of carbonyl (C=O) groups excluding carboxylic acids is 1. The largest absolute Gasteiger partial charge is 0.338 e. The van der Waals surface area contributed by atoms with Crippen LogP contribution in [0, 0.1) is 11.3 Å². The van der Waals surface area contributed by atoms with Crippen molar-refractivity contribution in [3.8, 4) is 0 Å². The Morgan fingerprint density at radius 1 is 1.14 bits per heavy atom. The van der Waals surface area contributed by atoms with Gasteiger partial charge < -0.3 is 4.90 Å². The first-order chi connectivity index (χ1) is 9.70. The minimum Gasteiger partial charge on any atom is -0.338 e. The van der Waals surface area contributed by atoms with Gasteiger partial charge in [0.15, 0.2) is 0 Å². The SMILES string of the molecule is CC(C)=CCCC(C)=CCN(CC1CC1)C(=O)C(C)(C)C. The molecule has 0 atom stereocenters. The minimum atomic E-state index is -0.279. The molecule has 1 aliphatic carbocycles. The Balaban J connectivity index is 2.55. The topological polar surface area (TPSA) is 20.3 Å². The molecule has 2 heteroatoms. The summed E-state index contributed by atoms with van der Waals surface area (Å²) in [6, 6.07) is 0. The Kier molecular flexibility index (Phi) is 6.70. The van der Waals surface area contributed by atoms with Crippen molar-refractivity contribution in [2.24, 2.45) is 11.3 Å². The van der Waals surface area contributed by atoms with Gasteiger partial charge >= 0.3 is 0 Å². The van der Waals surface area contributed by atoms with Crippen molar-refractivity contribution in [2.45, 2.75) is 67.2 Å². The minimum absolute atomic E-state index is 0.279. The summed E-state index contributed by atoms with van der Waals surface area (Å²) >= 11 is 0. The molecule has 0 heterocycles. The second kappa shape index (κ2) is 7.82. The molecular weight excluding hydrogens is 258 g/mol. The van der Waals surface area contributed by atoms with Crippen LogP contribution >= 0.6 is 0 Å². The highest BCUT2D eigenvalue weighted by molar-refractivity contribution is 5.81. The van der Waals surface area contributed by atoms with E-state index < -0.39 is 0 Å². The first-order valence-corrected chi connectivity index (χ1v) is 8.28. The van der Waals surface area contributed by atoms with Gasteiger partial charge in [-0.3, -0.25) is 4.79 Å². The molecule has 1 saturated carbocycles. The highest BCUT2D eigenvalue weighted by Crippen LogP contribution is 2.31. The summed E-state index contributed by atoms with van der Waals surface area (Å²) < 4.78 is 0. The first kappa shape index (κ1) is 18.0. The zero-order chi connectivity index (χ0) is 16.0. The van der Waals surface area contributed by atoms with E-state index in [-0.39, 0.29) is 11.3 Å². The molecule has 0 aliphatic heterocycles. The van der Waals surface area contributed by atoms with Crippen molar-refractivity contribution in [2.75, 3.05) is 13.1 Å². The standard InChI is InChI=1S/C19H33NO/c1-15(2)8-7-9-16(3)12-13-20(14-17-10-11-17)18(21)19(4,5)6/h8,12,17H,7,9-11,13-14H2,1-6H3. The molecule has 1 aliphatic rings. The molecule has 2 nitrogen and oxygen atoms in total. The second-order valence-electron chi connectivity index (χ2n) is 7.77. The van der Waals surface area contributed by atoms with Crippen molar-refractivity contribution < 1.29 is 4.79 Å². The lowest BCUT2D eigenvalue weighted by atomic mass is 9.94. The Bertz CT molecular complexity index is 404. The van der Waals surface area contributed by atoms with Crippen LogP contribution in [-0.2, 0) is 4.79 Å². The Morgan fingerprint density at radius 2 is 1.76 bits per heavy atom. The fourth-order valence-corrected chi connectivity index (χ4v) is 2.28. The number of nitrogens with zero attached hydrogens (tertiary/aromatic N) is 1. The van der Waals surface area contributed by atoms with E-state index in [0.29, 0.717) is 0 Å². The maximum Gasteiger partial charge on any atom is 0.228 e. The van der Waals surface area contributed by atoms with Crippen LogP contribution in [0.25, 0.3) is 0 Å². The van der Waals surface area contributed by atoms with Crippen molar-refractivity contribution in [1.29, 1.82) is 0 Å². The summed E-state index contributed by atoms with van der Waals surface area (Å²) in [5.74, 6) is 1.03. The van der Waals surface area contributed by atoms with E-state index >= 15 is 0 Å². The molecule has 0 aromatic heterocycles. The molecule has 0 radical (unpaired) electrons. The van der Waals surface area contributed by atoms with Crippen LogP contribution in [0.2, 0.25) is 0 Å². The third-order valence-electron chi connectivity index (χ3n) is 3.86. The quantitative estimate of drug-likeness (QED) is 0.607. The molecule has 0 N–H and O–H groups in total. The molecule has 1 amide bonds. The summed E-state index contributed by atoms with van der Waals surface area (Å²) in [6.07, 6.45) is 9.28. The summed E-state index contributed by atoms with van der Waals surface area (Å²) in [6.45, 7) is 14.2. The van der Waals surface area contributed by atoms with Crippen LogP contribution in [-0.4, -0.2) is 23.9 Å². The second-order valence-corrected chi connectivity index (χ2v) is 7.77. The van der Waals surface area contributed by atoms with Gasteiger partial charge in [-0.25, -0.2) is 0 Å². The number of hydrogen-bond donors (Lipinski definition) is 0. The zero-order valence-electron chi connectivity index (χ0n) is 14.8. The van der Waals surface area contributed by atoms with E-state index in [4.69, 9.17) is 0 Å². The van der Waals surface area contributed by atoms with E-state index in [2.05, 4.69) is 37.8 Å². The molecule has 1 rings (SSSR count). The van der Waals surface area contributed by atoms with Crippen molar-refractivity contribution >= 4 is 5.91 Å². The third kappa shape index (κ3) is 7.50. The van der Waals surface area contributed by atoms with Crippen molar-refractivity contribution in [3.05, 3.63) is 23.3 Å². The average Bonchev–Trinajstić information content (AvgIpc) is 3.15. The molecule has 1 fully saturated rings. The highest BCUT2D eigenvalue weighted by Gasteiger charge is 2.31. The highest BCUT2D eigenvalue weighted by atomic mass is 16.2. The zero-order valence-corrected chi connectivity index (χ0v) is 14.8. The molecule has 21 heavy (non-hydrogen) atoms. The molecule has 120 valence electrons. The molecule has 0 aromatic rings. The van der Waals surface area contributed by atoms with Gasteiger partial charge in [0, 0.05) is 18.5 Å².